The Hall–Kier alpha value is -5.08. The number of hydrogen-bond acceptors (Lipinski definition) is 2. The van der Waals surface area contributed by atoms with Gasteiger partial charge in [0.05, 0.1) is 0 Å². The van der Waals surface area contributed by atoms with Crippen molar-refractivity contribution in [1.82, 2.24) is 0 Å². The third-order valence-electron chi connectivity index (χ3n) is 8.14. The van der Waals surface area contributed by atoms with Crippen molar-refractivity contribution in [2.24, 2.45) is 0 Å². The van der Waals surface area contributed by atoms with Crippen molar-refractivity contribution >= 4 is 17.1 Å². The molecule has 6 aromatic carbocycles. The maximum Gasteiger partial charge on any atom is 0.139 e. The van der Waals surface area contributed by atoms with E-state index < -0.39 is 0 Å². The largest absolute Gasteiger partial charge is 0.456 e. The van der Waals surface area contributed by atoms with Crippen LogP contribution in [0.15, 0.2) is 152 Å². The Morgan fingerprint density at radius 2 is 0.951 bits per heavy atom. The highest BCUT2D eigenvalue weighted by Crippen LogP contribution is 2.51. The Morgan fingerprint density at radius 3 is 1.63 bits per heavy atom. The standard InChI is InChI=1S/C39H31NO/c1-39(2)35-17-9-10-19-37(35)41-38-34(16-11-18-36(38)39)30-22-26-33(27-23-30)40(31-14-7-4-8-15-31)32-24-20-29(21-25-32)28-12-5-3-6-13-28/h3-27H,1-2H3. The van der Waals surface area contributed by atoms with Gasteiger partial charge in [0.25, 0.3) is 0 Å². The second kappa shape index (κ2) is 10.1. The molecule has 0 saturated carbocycles. The number of anilines is 3. The second-order valence-corrected chi connectivity index (χ2v) is 11.0. The normalized spacial score (nSPS) is 13.0. The van der Waals surface area contributed by atoms with Gasteiger partial charge in [0.15, 0.2) is 0 Å². The van der Waals surface area contributed by atoms with Crippen LogP contribution in [0.25, 0.3) is 22.3 Å². The van der Waals surface area contributed by atoms with E-state index in [0.717, 1.165) is 39.7 Å². The van der Waals surface area contributed by atoms with E-state index in [2.05, 4.69) is 164 Å². The minimum absolute atomic E-state index is 0.143. The van der Waals surface area contributed by atoms with Crippen molar-refractivity contribution in [1.29, 1.82) is 0 Å². The summed E-state index contributed by atoms with van der Waals surface area (Å²) in [5.74, 6) is 1.88. The van der Waals surface area contributed by atoms with E-state index in [0.29, 0.717) is 0 Å². The molecule has 2 nitrogen and oxygen atoms in total. The SMILES string of the molecule is CC1(C)c2ccccc2Oc2c(-c3ccc(N(c4ccccc4)c4ccc(-c5ccccc5)cc4)cc3)cccc21. The van der Waals surface area contributed by atoms with Gasteiger partial charge in [-0.05, 0) is 59.2 Å². The van der Waals surface area contributed by atoms with Gasteiger partial charge < -0.3 is 9.64 Å². The van der Waals surface area contributed by atoms with E-state index in [4.69, 9.17) is 4.74 Å². The fourth-order valence-electron chi connectivity index (χ4n) is 5.94. The Kier molecular flexibility index (Phi) is 6.17. The number of hydrogen-bond donors (Lipinski definition) is 0. The average molecular weight is 530 g/mol. The number of rotatable bonds is 5. The van der Waals surface area contributed by atoms with E-state index >= 15 is 0 Å². The van der Waals surface area contributed by atoms with E-state index in [1.165, 1.54) is 22.3 Å². The number of benzene rings is 6. The molecule has 0 spiro atoms. The zero-order chi connectivity index (χ0) is 27.8. The summed E-state index contributed by atoms with van der Waals surface area (Å²) in [5.41, 5.74) is 10.3. The molecule has 0 saturated heterocycles. The van der Waals surface area contributed by atoms with Crippen LogP contribution in [-0.2, 0) is 5.41 Å². The Labute approximate surface area is 242 Å². The van der Waals surface area contributed by atoms with Crippen molar-refractivity contribution < 1.29 is 4.74 Å². The van der Waals surface area contributed by atoms with Gasteiger partial charge in [-0.25, -0.2) is 0 Å². The first kappa shape index (κ1) is 24.9. The number of nitrogens with zero attached hydrogens (tertiary/aromatic N) is 1. The highest BCUT2D eigenvalue weighted by molar-refractivity contribution is 5.81. The molecule has 1 aliphatic rings. The Morgan fingerprint density at radius 1 is 0.439 bits per heavy atom. The molecule has 0 radical (unpaired) electrons. The van der Waals surface area contributed by atoms with Crippen molar-refractivity contribution in [3.63, 3.8) is 0 Å². The maximum atomic E-state index is 6.55. The molecule has 0 aromatic heterocycles. The van der Waals surface area contributed by atoms with Gasteiger partial charge in [-0.1, -0.05) is 123 Å². The predicted molar refractivity (Wildman–Crippen MR) is 171 cm³/mol. The fraction of sp³-hybridized carbons (Fsp3) is 0.0769. The molecule has 1 heterocycles. The van der Waals surface area contributed by atoms with Crippen molar-refractivity contribution in [2.45, 2.75) is 19.3 Å². The first-order valence-corrected chi connectivity index (χ1v) is 14.1. The Balaban J connectivity index is 1.27. The smallest absolute Gasteiger partial charge is 0.139 e. The average Bonchev–Trinajstić information content (AvgIpc) is 3.03. The minimum atomic E-state index is -0.143. The highest BCUT2D eigenvalue weighted by Gasteiger charge is 2.35. The van der Waals surface area contributed by atoms with E-state index in [9.17, 15) is 0 Å². The maximum absolute atomic E-state index is 6.55. The molecule has 0 N–H and O–H groups in total. The number of fused-ring (bicyclic) bond motifs is 2. The fourth-order valence-corrected chi connectivity index (χ4v) is 5.94. The molecule has 7 rings (SSSR count). The molecule has 0 unspecified atom stereocenters. The topological polar surface area (TPSA) is 12.5 Å². The first-order valence-electron chi connectivity index (χ1n) is 14.1. The van der Waals surface area contributed by atoms with Gasteiger partial charge in [-0.2, -0.15) is 0 Å². The second-order valence-electron chi connectivity index (χ2n) is 11.0. The number of ether oxygens (including phenoxy) is 1. The lowest BCUT2D eigenvalue weighted by atomic mass is 9.75. The summed E-state index contributed by atoms with van der Waals surface area (Å²) in [5, 5.41) is 0. The lowest BCUT2D eigenvalue weighted by molar-refractivity contribution is 0.419. The molecular weight excluding hydrogens is 498 g/mol. The molecule has 2 heteroatoms. The van der Waals surface area contributed by atoms with Crippen molar-refractivity contribution in [3.05, 3.63) is 163 Å². The first-order chi connectivity index (χ1) is 20.1. The zero-order valence-electron chi connectivity index (χ0n) is 23.3. The summed E-state index contributed by atoms with van der Waals surface area (Å²) in [6.07, 6.45) is 0. The minimum Gasteiger partial charge on any atom is -0.456 e. The van der Waals surface area contributed by atoms with Gasteiger partial charge in [0, 0.05) is 39.2 Å². The van der Waals surface area contributed by atoms with Crippen LogP contribution in [0.4, 0.5) is 17.1 Å². The Bertz CT molecular complexity index is 1800. The van der Waals surface area contributed by atoms with Crippen molar-refractivity contribution in [3.8, 4) is 33.8 Å². The van der Waals surface area contributed by atoms with Crippen LogP contribution in [0.3, 0.4) is 0 Å². The molecule has 0 atom stereocenters. The van der Waals surface area contributed by atoms with E-state index in [1.807, 2.05) is 6.07 Å². The molecule has 6 aromatic rings. The van der Waals surface area contributed by atoms with Crippen LogP contribution >= 0.6 is 0 Å². The third-order valence-corrected chi connectivity index (χ3v) is 8.14. The summed E-state index contributed by atoms with van der Waals surface area (Å²) in [6, 6.07) is 53.5. The molecule has 0 bridgehead atoms. The van der Waals surface area contributed by atoms with Gasteiger partial charge in [-0.15, -0.1) is 0 Å². The van der Waals surface area contributed by atoms with Crippen LogP contribution in [0.1, 0.15) is 25.0 Å². The summed E-state index contributed by atoms with van der Waals surface area (Å²) >= 11 is 0. The number of para-hydroxylation sites is 3. The van der Waals surface area contributed by atoms with Crippen molar-refractivity contribution in [2.75, 3.05) is 4.90 Å². The summed E-state index contributed by atoms with van der Waals surface area (Å²) in [6.45, 7) is 4.56. The molecule has 41 heavy (non-hydrogen) atoms. The van der Waals surface area contributed by atoms with Crippen LogP contribution in [0, 0.1) is 0 Å². The summed E-state index contributed by atoms with van der Waals surface area (Å²) < 4.78 is 6.55. The molecule has 0 fully saturated rings. The summed E-state index contributed by atoms with van der Waals surface area (Å²) in [4.78, 5) is 2.30. The molecule has 1 aliphatic heterocycles. The molecule has 0 aliphatic carbocycles. The van der Waals surface area contributed by atoms with E-state index in [-0.39, 0.29) is 5.41 Å². The van der Waals surface area contributed by atoms with Gasteiger partial charge >= 0.3 is 0 Å². The van der Waals surface area contributed by atoms with Crippen LogP contribution in [0.2, 0.25) is 0 Å². The van der Waals surface area contributed by atoms with Gasteiger partial charge in [0.2, 0.25) is 0 Å². The third kappa shape index (κ3) is 4.48. The van der Waals surface area contributed by atoms with Crippen LogP contribution in [-0.4, -0.2) is 0 Å². The molecular formula is C39H31NO. The lowest BCUT2D eigenvalue weighted by Gasteiger charge is -2.35. The van der Waals surface area contributed by atoms with Gasteiger partial charge in [-0.3, -0.25) is 0 Å². The predicted octanol–water partition coefficient (Wildman–Crippen LogP) is 10.9. The monoisotopic (exact) mass is 529 g/mol. The van der Waals surface area contributed by atoms with E-state index in [1.54, 1.807) is 0 Å². The summed E-state index contributed by atoms with van der Waals surface area (Å²) in [7, 11) is 0. The quantitative estimate of drug-likeness (QED) is 0.220. The molecule has 0 amide bonds. The van der Waals surface area contributed by atoms with Gasteiger partial charge in [0.1, 0.15) is 11.5 Å². The molecule has 198 valence electrons. The highest BCUT2D eigenvalue weighted by atomic mass is 16.5. The van der Waals surface area contributed by atoms with Crippen LogP contribution < -0.4 is 9.64 Å². The zero-order valence-corrected chi connectivity index (χ0v) is 23.3. The van der Waals surface area contributed by atoms with Crippen LogP contribution in [0.5, 0.6) is 11.5 Å². The lowest BCUT2D eigenvalue weighted by Crippen LogP contribution is -2.24.